The van der Waals surface area contributed by atoms with Crippen molar-refractivity contribution < 1.29 is 0 Å². The lowest BCUT2D eigenvalue weighted by Gasteiger charge is -2.44. The van der Waals surface area contributed by atoms with E-state index >= 15 is 0 Å². The molecular formula is C10H20N2. The van der Waals surface area contributed by atoms with Crippen molar-refractivity contribution in [2.45, 2.75) is 44.2 Å². The number of rotatable bonds is 1. The highest BCUT2D eigenvalue weighted by molar-refractivity contribution is 4.90. The number of nitrogens with zero attached hydrogens (tertiary/aromatic N) is 1. The molecule has 2 saturated heterocycles. The van der Waals surface area contributed by atoms with E-state index in [1.165, 1.54) is 45.2 Å². The second-order valence-electron chi connectivity index (χ2n) is 4.14. The van der Waals surface area contributed by atoms with Crippen LogP contribution in [0.25, 0.3) is 0 Å². The number of nitrogens with one attached hydrogen (secondary N) is 1. The van der Waals surface area contributed by atoms with Gasteiger partial charge < -0.3 is 5.32 Å². The molecule has 0 aromatic carbocycles. The SMILES string of the molecule is CNC1CCCN2CCCCC12. The highest BCUT2D eigenvalue weighted by Crippen LogP contribution is 2.25. The van der Waals surface area contributed by atoms with Gasteiger partial charge in [-0.2, -0.15) is 0 Å². The Kier molecular flexibility index (Phi) is 2.66. The molecule has 2 heterocycles. The summed E-state index contributed by atoms with van der Waals surface area (Å²) in [6.07, 6.45) is 7.07. The largest absolute Gasteiger partial charge is 0.315 e. The molecule has 0 aromatic heterocycles. The average molecular weight is 168 g/mol. The topological polar surface area (TPSA) is 15.3 Å². The summed E-state index contributed by atoms with van der Waals surface area (Å²) in [4.78, 5) is 2.69. The second-order valence-corrected chi connectivity index (χ2v) is 4.14. The third-order valence-electron chi connectivity index (χ3n) is 3.46. The number of fused-ring (bicyclic) bond motifs is 1. The van der Waals surface area contributed by atoms with Crippen molar-refractivity contribution in [3.63, 3.8) is 0 Å². The van der Waals surface area contributed by atoms with Crippen LogP contribution >= 0.6 is 0 Å². The maximum absolute atomic E-state index is 3.46. The van der Waals surface area contributed by atoms with E-state index in [0.717, 1.165) is 12.1 Å². The summed E-state index contributed by atoms with van der Waals surface area (Å²) in [5, 5.41) is 3.46. The molecule has 2 atom stereocenters. The smallest absolute Gasteiger partial charge is 0.0249 e. The summed E-state index contributed by atoms with van der Waals surface area (Å²) in [6.45, 7) is 2.70. The standard InChI is InChI=1S/C10H20N2/c1-11-9-5-4-8-12-7-3-2-6-10(9)12/h9-11H,2-8H2,1H3. The number of hydrogen-bond donors (Lipinski definition) is 1. The normalized spacial score (nSPS) is 37.8. The van der Waals surface area contributed by atoms with Crippen LogP contribution in [0.5, 0.6) is 0 Å². The molecule has 0 spiro atoms. The molecule has 2 aliphatic rings. The molecule has 2 rings (SSSR count). The van der Waals surface area contributed by atoms with Gasteiger partial charge in [0.2, 0.25) is 0 Å². The summed E-state index contributed by atoms with van der Waals surface area (Å²) >= 11 is 0. The van der Waals surface area contributed by atoms with Gasteiger partial charge in [-0.3, -0.25) is 4.90 Å². The first kappa shape index (κ1) is 8.52. The van der Waals surface area contributed by atoms with Crippen LogP contribution in [-0.2, 0) is 0 Å². The Hall–Kier alpha value is -0.0800. The van der Waals surface area contributed by atoms with Crippen LogP contribution in [-0.4, -0.2) is 37.1 Å². The predicted octanol–water partition coefficient (Wildman–Crippen LogP) is 1.22. The Balaban J connectivity index is 1.99. The molecule has 2 fully saturated rings. The van der Waals surface area contributed by atoms with Crippen molar-refractivity contribution in [2.24, 2.45) is 0 Å². The number of likely N-dealkylation sites (N-methyl/N-ethyl adjacent to an activating group) is 1. The van der Waals surface area contributed by atoms with Gasteiger partial charge in [0.25, 0.3) is 0 Å². The van der Waals surface area contributed by atoms with E-state index in [0.29, 0.717) is 0 Å². The summed E-state index contributed by atoms with van der Waals surface area (Å²) < 4.78 is 0. The van der Waals surface area contributed by atoms with Gasteiger partial charge in [-0.15, -0.1) is 0 Å². The highest BCUT2D eigenvalue weighted by atomic mass is 15.2. The molecule has 0 bridgehead atoms. The van der Waals surface area contributed by atoms with Crippen molar-refractivity contribution in [2.75, 3.05) is 20.1 Å². The molecule has 0 amide bonds. The van der Waals surface area contributed by atoms with E-state index in [9.17, 15) is 0 Å². The van der Waals surface area contributed by atoms with Gasteiger partial charge in [0.1, 0.15) is 0 Å². The number of hydrogen-bond acceptors (Lipinski definition) is 2. The summed E-state index contributed by atoms with van der Waals surface area (Å²) in [5.74, 6) is 0. The summed E-state index contributed by atoms with van der Waals surface area (Å²) in [5.41, 5.74) is 0. The van der Waals surface area contributed by atoms with Gasteiger partial charge in [-0.05, 0) is 45.8 Å². The first-order chi connectivity index (χ1) is 5.92. The van der Waals surface area contributed by atoms with Crippen LogP contribution in [0.15, 0.2) is 0 Å². The molecule has 2 nitrogen and oxygen atoms in total. The molecule has 0 aliphatic carbocycles. The highest BCUT2D eigenvalue weighted by Gasteiger charge is 2.31. The van der Waals surface area contributed by atoms with Crippen molar-refractivity contribution in [3.05, 3.63) is 0 Å². The molecule has 2 aliphatic heterocycles. The lowest BCUT2D eigenvalue weighted by Crippen LogP contribution is -2.54. The zero-order valence-electron chi connectivity index (χ0n) is 8.05. The second kappa shape index (κ2) is 3.75. The molecule has 12 heavy (non-hydrogen) atoms. The lowest BCUT2D eigenvalue weighted by atomic mass is 9.89. The zero-order chi connectivity index (χ0) is 8.39. The maximum atomic E-state index is 3.46. The van der Waals surface area contributed by atoms with Crippen LogP contribution < -0.4 is 5.32 Å². The fourth-order valence-electron chi connectivity index (χ4n) is 2.79. The Labute approximate surface area is 75.3 Å². The third-order valence-corrected chi connectivity index (χ3v) is 3.46. The molecule has 1 N–H and O–H groups in total. The number of piperidine rings is 2. The van der Waals surface area contributed by atoms with Gasteiger partial charge in [-0.25, -0.2) is 0 Å². The molecule has 2 heteroatoms. The van der Waals surface area contributed by atoms with Gasteiger partial charge in [0, 0.05) is 12.1 Å². The Morgan fingerprint density at radius 1 is 1.08 bits per heavy atom. The first-order valence-corrected chi connectivity index (χ1v) is 5.33. The van der Waals surface area contributed by atoms with E-state index in [4.69, 9.17) is 0 Å². The molecular weight excluding hydrogens is 148 g/mol. The Morgan fingerprint density at radius 3 is 2.75 bits per heavy atom. The summed E-state index contributed by atoms with van der Waals surface area (Å²) in [7, 11) is 2.11. The third kappa shape index (κ3) is 1.50. The molecule has 2 unspecified atom stereocenters. The monoisotopic (exact) mass is 168 g/mol. The molecule has 0 aromatic rings. The van der Waals surface area contributed by atoms with Crippen LogP contribution in [0.2, 0.25) is 0 Å². The minimum atomic E-state index is 0.777. The van der Waals surface area contributed by atoms with Gasteiger partial charge in [0.05, 0.1) is 0 Å². The van der Waals surface area contributed by atoms with Crippen molar-refractivity contribution >= 4 is 0 Å². The lowest BCUT2D eigenvalue weighted by molar-refractivity contribution is 0.0806. The Morgan fingerprint density at radius 2 is 1.92 bits per heavy atom. The average Bonchev–Trinajstić information content (AvgIpc) is 2.17. The first-order valence-electron chi connectivity index (χ1n) is 5.33. The quantitative estimate of drug-likeness (QED) is 0.633. The molecule has 0 saturated carbocycles. The minimum absolute atomic E-state index is 0.777. The van der Waals surface area contributed by atoms with Gasteiger partial charge >= 0.3 is 0 Å². The van der Waals surface area contributed by atoms with E-state index in [1.54, 1.807) is 0 Å². The molecule has 70 valence electrons. The fraction of sp³-hybridized carbons (Fsp3) is 1.00. The van der Waals surface area contributed by atoms with E-state index in [2.05, 4.69) is 17.3 Å². The van der Waals surface area contributed by atoms with Crippen LogP contribution in [0.4, 0.5) is 0 Å². The van der Waals surface area contributed by atoms with E-state index in [-0.39, 0.29) is 0 Å². The van der Waals surface area contributed by atoms with E-state index in [1.807, 2.05) is 0 Å². The van der Waals surface area contributed by atoms with Crippen molar-refractivity contribution in [3.8, 4) is 0 Å². The van der Waals surface area contributed by atoms with Gasteiger partial charge in [-0.1, -0.05) is 6.42 Å². The summed E-state index contributed by atoms with van der Waals surface area (Å²) in [6, 6.07) is 1.64. The fourth-order valence-corrected chi connectivity index (χ4v) is 2.79. The zero-order valence-corrected chi connectivity index (χ0v) is 8.05. The predicted molar refractivity (Wildman–Crippen MR) is 51.3 cm³/mol. The maximum Gasteiger partial charge on any atom is 0.0249 e. The van der Waals surface area contributed by atoms with Crippen LogP contribution in [0.3, 0.4) is 0 Å². The van der Waals surface area contributed by atoms with Crippen molar-refractivity contribution in [1.82, 2.24) is 10.2 Å². The minimum Gasteiger partial charge on any atom is -0.315 e. The molecule has 0 radical (unpaired) electrons. The van der Waals surface area contributed by atoms with Gasteiger partial charge in [0.15, 0.2) is 0 Å². The van der Waals surface area contributed by atoms with E-state index < -0.39 is 0 Å². The van der Waals surface area contributed by atoms with Crippen LogP contribution in [0.1, 0.15) is 32.1 Å². The van der Waals surface area contributed by atoms with Crippen molar-refractivity contribution in [1.29, 1.82) is 0 Å². The van der Waals surface area contributed by atoms with Crippen LogP contribution in [0, 0.1) is 0 Å². The Bertz CT molecular complexity index is 138.